The van der Waals surface area contributed by atoms with Crippen molar-refractivity contribution >= 4 is 34.2 Å². The highest BCUT2D eigenvalue weighted by Gasteiger charge is 2.37. The molecule has 9 nitrogen and oxygen atoms in total. The third kappa shape index (κ3) is 3.40. The second kappa shape index (κ2) is 7.27. The molecular weight excluding hydrogens is 431 g/mol. The number of urea groups is 1. The number of benzene rings is 1. The number of fused-ring (bicyclic) bond motifs is 3. The Morgan fingerprint density at radius 3 is 2.88 bits per heavy atom. The fourth-order valence-corrected chi connectivity index (χ4v) is 5.88. The number of aryl methyl sites for hydroxylation is 1. The number of aliphatic hydroxyl groups is 1. The lowest BCUT2D eigenvalue weighted by molar-refractivity contribution is -0.0220. The number of aromatic nitrogens is 1. The number of nitrogens with zero attached hydrogens (tertiary/aromatic N) is 1. The van der Waals surface area contributed by atoms with Crippen molar-refractivity contribution in [3.8, 4) is 0 Å². The minimum atomic E-state index is -3.72. The standard InChI is InChI=1S/C21H25BN4O5S/c1-21(2)9-8-13-17(12-4-3-5-16(12)24-18(13)21)25-20(28)26-32(23,30)11-6-7-15-14(10-11)19(27)31-22(15)29/h6-7,10,19,27,29H,3-5,8-9H2,1-2H3,(H3,23,24,25,26,28,30). The van der Waals surface area contributed by atoms with Gasteiger partial charge in [-0.3, -0.25) is 4.98 Å². The van der Waals surface area contributed by atoms with Crippen molar-refractivity contribution in [2.45, 2.75) is 62.6 Å². The molecule has 2 amide bonds. The summed E-state index contributed by atoms with van der Waals surface area (Å²) in [4.78, 5) is 17.8. The van der Waals surface area contributed by atoms with Crippen LogP contribution in [0.2, 0.25) is 0 Å². The molecule has 5 rings (SSSR count). The van der Waals surface area contributed by atoms with E-state index in [9.17, 15) is 19.1 Å². The van der Waals surface area contributed by atoms with Crippen molar-refractivity contribution in [1.82, 2.24) is 9.71 Å². The van der Waals surface area contributed by atoms with Crippen LogP contribution in [-0.2, 0) is 39.2 Å². The predicted molar refractivity (Wildman–Crippen MR) is 119 cm³/mol. The second-order valence-electron chi connectivity index (χ2n) is 9.22. The van der Waals surface area contributed by atoms with Crippen LogP contribution in [-0.4, -0.2) is 32.5 Å². The van der Waals surface area contributed by atoms with Gasteiger partial charge in [0.05, 0.1) is 16.3 Å². The summed E-state index contributed by atoms with van der Waals surface area (Å²) in [5.41, 5.74) is 5.30. The molecular formula is C21H25BN4O5S. The van der Waals surface area contributed by atoms with Gasteiger partial charge in [0, 0.05) is 16.7 Å². The highest BCUT2D eigenvalue weighted by Crippen LogP contribution is 2.44. The predicted octanol–water partition coefficient (Wildman–Crippen LogP) is 1.65. The Morgan fingerprint density at radius 2 is 2.09 bits per heavy atom. The van der Waals surface area contributed by atoms with Crippen LogP contribution in [0, 0.1) is 4.78 Å². The molecule has 11 heteroatoms. The minimum Gasteiger partial charge on any atom is -0.423 e. The number of aliphatic hydroxyl groups excluding tert-OH is 1. The summed E-state index contributed by atoms with van der Waals surface area (Å²) in [5, 5.41) is 22.5. The van der Waals surface area contributed by atoms with Crippen molar-refractivity contribution in [3.63, 3.8) is 0 Å². The molecule has 32 heavy (non-hydrogen) atoms. The average molecular weight is 456 g/mol. The number of rotatable bonds is 3. The third-order valence-corrected chi connectivity index (χ3v) is 8.01. The average Bonchev–Trinajstić information content (AvgIpc) is 3.38. The van der Waals surface area contributed by atoms with Gasteiger partial charge in [0.15, 0.2) is 16.2 Å². The van der Waals surface area contributed by atoms with Crippen LogP contribution in [0.15, 0.2) is 23.1 Å². The lowest BCUT2D eigenvalue weighted by atomic mass is 9.80. The highest BCUT2D eigenvalue weighted by atomic mass is 32.2. The first-order chi connectivity index (χ1) is 15.1. The van der Waals surface area contributed by atoms with Crippen molar-refractivity contribution in [3.05, 3.63) is 46.3 Å². The molecule has 0 saturated heterocycles. The van der Waals surface area contributed by atoms with Gasteiger partial charge < -0.3 is 20.1 Å². The topological polar surface area (TPSA) is 145 Å². The monoisotopic (exact) mass is 456 g/mol. The van der Waals surface area contributed by atoms with E-state index in [0.29, 0.717) is 5.46 Å². The molecule has 2 aromatic rings. The first kappa shape index (κ1) is 21.4. The molecule has 1 aromatic heterocycles. The molecule has 168 valence electrons. The molecule has 1 aliphatic heterocycles. The van der Waals surface area contributed by atoms with Crippen LogP contribution in [0.25, 0.3) is 0 Å². The van der Waals surface area contributed by atoms with Crippen molar-refractivity contribution in [1.29, 1.82) is 4.78 Å². The summed E-state index contributed by atoms with van der Waals surface area (Å²) in [5.74, 6) is 0. The zero-order valence-electron chi connectivity index (χ0n) is 17.9. The number of amides is 2. The van der Waals surface area contributed by atoms with Gasteiger partial charge in [0.25, 0.3) is 0 Å². The van der Waals surface area contributed by atoms with E-state index in [-0.39, 0.29) is 15.9 Å². The minimum absolute atomic E-state index is 0.00877. The van der Waals surface area contributed by atoms with Gasteiger partial charge in [-0.05, 0) is 60.8 Å². The van der Waals surface area contributed by atoms with Crippen LogP contribution >= 0.6 is 0 Å². The van der Waals surface area contributed by atoms with E-state index in [2.05, 4.69) is 23.9 Å². The fraction of sp³-hybridized carbons (Fsp3) is 0.429. The summed E-state index contributed by atoms with van der Waals surface area (Å²) >= 11 is 0. The Labute approximate surface area is 186 Å². The number of nitrogens with one attached hydrogen (secondary N) is 3. The number of hydrogen-bond donors (Lipinski definition) is 5. The Morgan fingerprint density at radius 1 is 1.31 bits per heavy atom. The number of carbonyl (C=O) groups excluding carboxylic acids is 1. The summed E-state index contributed by atoms with van der Waals surface area (Å²) in [6.45, 7) is 4.30. The van der Waals surface area contributed by atoms with Gasteiger partial charge in [-0.15, -0.1) is 0 Å². The lowest BCUT2D eigenvalue weighted by Gasteiger charge is -2.21. The van der Waals surface area contributed by atoms with E-state index in [1.165, 1.54) is 18.2 Å². The SMILES string of the molecule is CC1(C)CCc2c1nc1c(c2NC(=O)NS(=N)(=O)c2ccc3c(c2)C(O)OB3O)CCC1. The fourth-order valence-electron chi connectivity index (χ4n) is 4.90. The van der Waals surface area contributed by atoms with Crippen LogP contribution in [0.3, 0.4) is 0 Å². The summed E-state index contributed by atoms with van der Waals surface area (Å²) in [6.07, 6.45) is 3.04. The first-order valence-electron chi connectivity index (χ1n) is 10.6. The van der Waals surface area contributed by atoms with Crippen molar-refractivity contribution in [2.75, 3.05) is 5.32 Å². The second-order valence-corrected chi connectivity index (χ2v) is 11.0. The number of pyridine rings is 1. The third-order valence-electron chi connectivity index (χ3n) is 6.62. The van der Waals surface area contributed by atoms with Gasteiger partial charge in [0.1, 0.15) is 0 Å². The maximum Gasteiger partial charge on any atom is 0.493 e. The molecule has 0 spiro atoms. The quantitative estimate of drug-likeness (QED) is 0.444. The molecule has 2 atom stereocenters. The Hall–Kier alpha value is -2.47. The van der Waals surface area contributed by atoms with Gasteiger partial charge in [-0.1, -0.05) is 19.9 Å². The van der Waals surface area contributed by atoms with Crippen LogP contribution < -0.4 is 15.5 Å². The number of carbonyl (C=O) groups is 1. The Bertz CT molecular complexity index is 1250. The summed E-state index contributed by atoms with van der Waals surface area (Å²) in [7, 11) is -5.00. The molecule has 2 aliphatic carbocycles. The molecule has 0 fully saturated rings. The summed E-state index contributed by atoms with van der Waals surface area (Å²) in [6, 6.07) is 3.40. The zero-order valence-corrected chi connectivity index (χ0v) is 18.7. The summed E-state index contributed by atoms with van der Waals surface area (Å²) < 4.78 is 28.5. The molecule has 1 aromatic carbocycles. The van der Waals surface area contributed by atoms with E-state index in [4.69, 9.17) is 14.4 Å². The maximum atomic E-state index is 13.0. The largest absolute Gasteiger partial charge is 0.493 e. The Kier molecular flexibility index (Phi) is 4.86. The van der Waals surface area contributed by atoms with Crippen LogP contribution in [0.5, 0.6) is 0 Å². The van der Waals surface area contributed by atoms with E-state index in [1.54, 1.807) is 0 Å². The normalized spacial score (nSPS) is 22.1. The lowest BCUT2D eigenvalue weighted by Crippen LogP contribution is -2.35. The number of anilines is 1. The van der Waals surface area contributed by atoms with Gasteiger partial charge in [-0.2, -0.15) is 0 Å². The molecule has 0 saturated carbocycles. The van der Waals surface area contributed by atoms with E-state index in [1.807, 2.05) is 0 Å². The highest BCUT2D eigenvalue weighted by molar-refractivity contribution is 7.91. The number of hydrogen-bond acceptors (Lipinski definition) is 7. The molecule has 5 N–H and O–H groups in total. The van der Waals surface area contributed by atoms with Gasteiger partial charge >= 0.3 is 13.1 Å². The molecule has 3 aliphatic rings. The van der Waals surface area contributed by atoms with Crippen molar-refractivity contribution < 1.29 is 23.8 Å². The smallest absolute Gasteiger partial charge is 0.423 e. The van der Waals surface area contributed by atoms with Crippen LogP contribution in [0.4, 0.5) is 10.5 Å². The zero-order chi connectivity index (χ0) is 22.8. The van der Waals surface area contributed by atoms with Gasteiger partial charge in [-0.25, -0.2) is 18.5 Å². The van der Waals surface area contributed by atoms with Crippen molar-refractivity contribution in [2.24, 2.45) is 0 Å². The van der Waals surface area contributed by atoms with E-state index < -0.39 is 29.4 Å². The molecule has 0 bridgehead atoms. The van der Waals surface area contributed by atoms with E-state index in [0.717, 1.165) is 60.3 Å². The van der Waals surface area contributed by atoms with Gasteiger partial charge in [0.2, 0.25) is 0 Å². The Balaban J connectivity index is 1.42. The van der Waals surface area contributed by atoms with E-state index >= 15 is 0 Å². The molecule has 2 unspecified atom stereocenters. The molecule has 2 heterocycles. The first-order valence-corrected chi connectivity index (χ1v) is 12.2. The van der Waals surface area contributed by atoms with Crippen LogP contribution in [0.1, 0.15) is 61.1 Å². The molecule has 0 radical (unpaired) electrons. The maximum absolute atomic E-state index is 13.0.